The number of rotatable bonds is 9. The van der Waals surface area contributed by atoms with E-state index >= 15 is 0 Å². The minimum absolute atomic E-state index is 0.646. The first-order valence-electron chi connectivity index (χ1n) is 50.3. The van der Waals surface area contributed by atoms with E-state index in [1.54, 1.807) is 0 Å². The fourth-order valence-electron chi connectivity index (χ4n) is 22.7. The van der Waals surface area contributed by atoms with E-state index in [0.29, 0.717) is 5.95 Å². The van der Waals surface area contributed by atoms with Gasteiger partial charge in [0.05, 0.1) is 89.8 Å². The molecule has 149 heavy (non-hydrogen) atoms. The SMILES string of the molecule is c1ccc(-c2ccc(-c3nc4ccccc4nc3N3c4ccccc4-c4cccc5cccc3c45)cc2)cc1.c1ccc(-c2nc3ccccc3nc2N2c3ccccc3-c3cccc4cccc2c34)cc1.c1ccc2c(c1)-c1cccc3cccc(c13)N2c1nc(-c2cccc3oc4ccccc4c23)c2ccccc2n1.c1ccc2c(c1)-c1cccc3cccc(c13)N2c1nc2ccccc2nc1-c1ccc2ccccc2c1. The average molecular weight is 1900 g/mol. The predicted molar refractivity (Wildman–Crippen MR) is 615 cm³/mol. The lowest BCUT2D eigenvalue weighted by molar-refractivity contribution is 0.669. The van der Waals surface area contributed by atoms with Gasteiger partial charge in [-0.05, 0) is 175 Å². The largest absolute Gasteiger partial charge is 0.456 e. The molecule has 4 aliphatic heterocycles. The predicted octanol–water partition coefficient (Wildman–Crippen LogP) is 36.3. The molecule has 0 bridgehead atoms. The number of aromatic nitrogens is 8. The van der Waals surface area contributed by atoms with Crippen molar-refractivity contribution in [2.24, 2.45) is 0 Å². The molecule has 9 heterocycles. The van der Waals surface area contributed by atoms with Crippen molar-refractivity contribution >= 4 is 189 Å². The van der Waals surface area contributed by atoms with E-state index in [9.17, 15) is 0 Å². The molecule has 32 rings (SSSR count). The molecule has 5 aromatic heterocycles. The lowest BCUT2D eigenvalue weighted by Gasteiger charge is -2.33. The van der Waals surface area contributed by atoms with Crippen molar-refractivity contribution in [3.8, 4) is 101 Å². The second-order valence-electron chi connectivity index (χ2n) is 37.8. The molecule has 0 saturated heterocycles. The van der Waals surface area contributed by atoms with Crippen LogP contribution in [-0.4, -0.2) is 39.9 Å². The van der Waals surface area contributed by atoms with Gasteiger partial charge in [0.25, 0.3) is 0 Å². The zero-order valence-corrected chi connectivity index (χ0v) is 80.3. The molecular weight excluding hydrogens is 1820 g/mol. The van der Waals surface area contributed by atoms with E-state index in [1.165, 1.54) is 109 Å². The minimum Gasteiger partial charge on any atom is -0.456 e. The molecule has 23 aromatic carbocycles. The summed E-state index contributed by atoms with van der Waals surface area (Å²) in [5.74, 6) is 3.15. The summed E-state index contributed by atoms with van der Waals surface area (Å²) in [5.41, 5.74) is 36.6. The van der Waals surface area contributed by atoms with Crippen LogP contribution in [0.25, 0.3) is 220 Å². The Morgan fingerprint density at radius 3 is 0.893 bits per heavy atom. The molecule has 0 atom stereocenters. The first kappa shape index (κ1) is 85.5. The second kappa shape index (κ2) is 35.4. The van der Waals surface area contributed by atoms with Crippen LogP contribution in [0.15, 0.2) is 514 Å². The third-order valence-corrected chi connectivity index (χ3v) is 29.3. The molecule has 694 valence electrons. The third-order valence-electron chi connectivity index (χ3n) is 29.3. The zero-order chi connectivity index (χ0) is 98.1. The van der Waals surface area contributed by atoms with Crippen LogP contribution >= 0.6 is 0 Å². The summed E-state index contributed by atoms with van der Waals surface area (Å²) in [6.45, 7) is 0. The van der Waals surface area contributed by atoms with Crippen molar-refractivity contribution < 1.29 is 4.42 Å². The van der Waals surface area contributed by atoms with Crippen LogP contribution < -0.4 is 19.6 Å². The summed E-state index contributed by atoms with van der Waals surface area (Å²) in [7, 11) is 0. The Morgan fingerprint density at radius 2 is 0.436 bits per heavy atom. The number of furan rings is 1. The first-order valence-corrected chi connectivity index (χ1v) is 50.3. The van der Waals surface area contributed by atoms with Crippen molar-refractivity contribution in [2.45, 2.75) is 0 Å². The Balaban J connectivity index is 0.0000000937. The Hall–Kier alpha value is -20.3. The minimum atomic E-state index is 0.646. The Bertz CT molecular complexity index is 10300. The van der Waals surface area contributed by atoms with Gasteiger partial charge in [-0.1, -0.05) is 400 Å². The highest BCUT2D eigenvalue weighted by Gasteiger charge is 2.36. The summed E-state index contributed by atoms with van der Waals surface area (Å²) in [4.78, 5) is 50.9. The number of benzene rings is 23. The Kier molecular flexibility index (Phi) is 20.3. The molecule has 0 saturated carbocycles. The van der Waals surface area contributed by atoms with Crippen LogP contribution in [0.1, 0.15) is 0 Å². The number of hydrogen-bond acceptors (Lipinski definition) is 13. The molecule has 28 aromatic rings. The van der Waals surface area contributed by atoms with Crippen molar-refractivity contribution in [2.75, 3.05) is 19.6 Å². The van der Waals surface area contributed by atoms with Gasteiger partial charge in [0.1, 0.15) is 28.2 Å². The van der Waals surface area contributed by atoms with Crippen LogP contribution in [0.5, 0.6) is 0 Å². The van der Waals surface area contributed by atoms with Gasteiger partial charge in [0, 0.05) is 82.2 Å². The Labute approximate surface area is 856 Å². The molecule has 13 heteroatoms. The highest BCUT2D eigenvalue weighted by Crippen LogP contribution is 2.58. The molecular formula is C136H84N12O. The van der Waals surface area contributed by atoms with Gasteiger partial charge >= 0.3 is 0 Å². The molecule has 13 nitrogen and oxygen atoms in total. The lowest BCUT2D eigenvalue weighted by atomic mass is 9.91. The van der Waals surface area contributed by atoms with Gasteiger partial charge in [-0.25, -0.2) is 39.9 Å². The molecule has 0 fully saturated rings. The highest BCUT2D eigenvalue weighted by atomic mass is 16.3. The fourth-order valence-corrected chi connectivity index (χ4v) is 22.7. The van der Waals surface area contributed by atoms with Crippen molar-refractivity contribution in [3.63, 3.8) is 0 Å². The molecule has 0 unspecified atom stereocenters. The molecule has 0 radical (unpaired) electrons. The monoisotopic (exact) mass is 1900 g/mol. The van der Waals surface area contributed by atoms with Gasteiger partial charge in [-0.15, -0.1) is 0 Å². The van der Waals surface area contributed by atoms with Gasteiger partial charge < -0.3 is 4.42 Å². The highest BCUT2D eigenvalue weighted by molar-refractivity contribution is 6.21. The molecule has 0 aliphatic carbocycles. The average Bonchev–Trinajstić information content (AvgIpc) is 1.30. The third kappa shape index (κ3) is 14.4. The van der Waals surface area contributed by atoms with E-state index < -0.39 is 0 Å². The van der Waals surface area contributed by atoms with Gasteiger partial charge in [0.15, 0.2) is 17.5 Å². The van der Waals surface area contributed by atoms with Crippen LogP contribution in [-0.2, 0) is 0 Å². The first-order chi connectivity index (χ1) is 73.9. The van der Waals surface area contributed by atoms with Crippen molar-refractivity contribution in [1.29, 1.82) is 0 Å². The quantitative estimate of drug-likeness (QED) is 0.136. The molecule has 0 amide bonds. The summed E-state index contributed by atoms with van der Waals surface area (Å²) < 4.78 is 6.24. The Morgan fingerprint density at radius 1 is 0.148 bits per heavy atom. The zero-order valence-electron chi connectivity index (χ0n) is 80.3. The summed E-state index contributed by atoms with van der Waals surface area (Å²) in [6.07, 6.45) is 0. The van der Waals surface area contributed by atoms with Crippen molar-refractivity contribution in [3.05, 3.63) is 510 Å². The van der Waals surface area contributed by atoms with E-state index in [1.807, 2.05) is 115 Å². The number of fused-ring (bicyclic) bond motifs is 16. The van der Waals surface area contributed by atoms with Crippen molar-refractivity contribution in [1.82, 2.24) is 39.9 Å². The number of nitrogens with zero attached hydrogens (tertiary/aromatic N) is 12. The van der Waals surface area contributed by atoms with E-state index in [0.717, 1.165) is 174 Å². The molecule has 0 N–H and O–H groups in total. The van der Waals surface area contributed by atoms with Gasteiger partial charge in [-0.3, -0.25) is 19.6 Å². The fraction of sp³-hybridized carbons (Fsp3) is 0. The van der Waals surface area contributed by atoms with Crippen LogP contribution in [0, 0.1) is 0 Å². The standard InChI is InChI=1S/C36H21N3O.C36H23N3.C34H21N3.C30H19N3/c1-4-17-28-25(13-1)35(27-16-9-21-32-34(27)26-14-3-6-20-31(26)40-32)38-36(37-28)39-29-18-5-2-12-23(29)24-15-7-10-22-11-8-19-30(39)33(22)24;1-2-10-24(11-3-1)25-20-22-27(23-21-25)35-36(38-31-17-6-5-16-30(31)37-35)39-32-18-7-4-14-28(32)29-15-8-12-26-13-9-19-33(39)34(26)29;1-2-10-24-21-25(20-19-22(24)9-1)33-34(36-29-16-5-4-15-28(29)35-33)37-30-17-6-3-13-26(30)27-14-7-11-23-12-8-18-31(37)32(23)27;1-2-10-21(11-3-1)29-30(32-25-17-6-5-16-24(25)31-29)33-26-18-7-4-14-22(26)23-15-8-12-20-13-9-19-27(33)28(20)23/h1-21H;1-23H;1-21H;1-19H. The number of para-hydroxylation sites is 12. The lowest BCUT2D eigenvalue weighted by Crippen LogP contribution is -2.18. The number of hydrogen-bond donors (Lipinski definition) is 0. The van der Waals surface area contributed by atoms with Crippen LogP contribution in [0.4, 0.5) is 68.9 Å². The van der Waals surface area contributed by atoms with Gasteiger partial charge in [0.2, 0.25) is 5.95 Å². The maximum absolute atomic E-state index is 6.24. The maximum Gasteiger partial charge on any atom is 0.235 e. The van der Waals surface area contributed by atoms with E-state index in [-0.39, 0.29) is 0 Å². The normalized spacial score (nSPS) is 12.2. The summed E-state index contributed by atoms with van der Waals surface area (Å²) in [6, 6.07) is 178. The summed E-state index contributed by atoms with van der Waals surface area (Å²) >= 11 is 0. The van der Waals surface area contributed by atoms with E-state index in [4.69, 9.17) is 44.3 Å². The van der Waals surface area contributed by atoms with Gasteiger partial charge in [-0.2, -0.15) is 0 Å². The summed E-state index contributed by atoms with van der Waals surface area (Å²) in [5, 5.41) is 15.3. The second-order valence-corrected chi connectivity index (χ2v) is 37.8. The molecule has 4 aliphatic rings. The molecule has 0 spiro atoms. The maximum atomic E-state index is 6.24. The van der Waals surface area contributed by atoms with Crippen LogP contribution in [0.3, 0.4) is 0 Å². The number of anilines is 12. The van der Waals surface area contributed by atoms with Crippen LogP contribution in [0.2, 0.25) is 0 Å². The van der Waals surface area contributed by atoms with E-state index in [2.05, 4.69) is 414 Å². The topological polar surface area (TPSA) is 129 Å². The smallest absolute Gasteiger partial charge is 0.235 e.